The molecule has 0 bridgehead atoms. The fourth-order valence-electron chi connectivity index (χ4n) is 3.51. The van der Waals surface area contributed by atoms with E-state index in [9.17, 15) is 0 Å². The van der Waals surface area contributed by atoms with Crippen molar-refractivity contribution in [2.24, 2.45) is 5.92 Å². The van der Waals surface area contributed by atoms with E-state index in [0.29, 0.717) is 6.04 Å². The van der Waals surface area contributed by atoms with Crippen LogP contribution in [0.25, 0.3) is 0 Å². The van der Waals surface area contributed by atoms with Crippen LogP contribution in [0.15, 0.2) is 0 Å². The average molecular weight is 225 g/mol. The number of likely N-dealkylation sites (N-methyl/N-ethyl adjacent to an activating group) is 1. The minimum absolute atomic E-state index is 0.693. The summed E-state index contributed by atoms with van der Waals surface area (Å²) in [6, 6.07) is 1.56. The van der Waals surface area contributed by atoms with Crippen molar-refractivity contribution in [3.63, 3.8) is 0 Å². The minimum Gasteiger partial charge on any atom is -0.318 e. The maximum atomic E-state index is 3.29. The van der Waals surface area contributed by atoms with Crippen molar-refractivity contribution >= 4 is 0 Å². The van der Waals surface area contributed by atoms with Gasteiger partial charge in [0.25, 0.3) is 0 Å². The van der Waals surface area contributed by atoms with Crippen molar-refractivity contribution in [2.45, 2.75) is 38.3 Å². The Hall–Kier alpha value is -0.120. The molecule has 3 unspecified atom stereocenters. The van der Waals surface area contributed by atoms with Gasteiger partial charge < -0.3 is 10.2 Å². The molecular weight excluding hydrogens is 198 g/mol. The molecule has 16 heavy (non-hydrogen) atoms. The number of piperidine rings is 2. The smallest absolute Gasteiger partial charge is 0.0192 e. The van der Waals surface area contributed by atoms with Crippen LogP contribution in [-0.2, 0) is 0 Å². The quantitative estimate of drug-likeness (QED) is 0.773. The largest absolute Gasteiger partial charge is 0.318 e. The van der Waals surface area contributed by atoms with Crippen LogP contribution in [-0.4, -0.2) is 62.2 Å². The van der Waals surface area contributed by atoms with Crippen molar-refractivity contribution in [3.05, 3.63) is 0 Å². The molecule has 0 aromatic carbocycles. The van der Waals surface area contributed by atoms with E-state index in [1.54, 1.807) is 0 Å². The second-order valence-corrected chi connectivity index (χ2v) is 5.64. The summed E-state index contributed by atoms with van der Waals surface area (Å²) < 4.78 is 0. The Morgan fingerprint density at radius 3 is 2.88 bits per heavy atom. The number of fused-ring (bicyclic) bond motifs is 1. The van der Waals surface area contributed by atoms with E-state index in [1.807, 2.05) is 0 Å². The number of nitrogens with zero attached hydrogens (tertiary/aromatic N) is 2. The Kier molecular flexibility index (Phi) is 4.22. The predicted octanol–water partition coefficient (Wildman–Crippen LogP) is 1.01. The second kappa shape index (κ2) is 5.48. The molecule has 0 aliphatic carbocycles. The molecule has 2 aliphatic rings. The van der Waals surface area contributed by atoms with Gasteiger partial charge in [0.2, 0.25) is 0 Å². The molecule has 0 aromatic heterocycles. The Bertz CT molecular complexity index is 219. The molecule has 3 heteroatoms. The van der Waals surface area contributed by atoms with E-state index >= 15 is 0 Å². The van der Waals surface area contributed by atoms with Gasteiger partial charge in [0.15, 0.2) is 0 Å². The highest BCUT2D eigenvalue weighted by Crippen LogP contribution is 2.30. The molecule has 0 aromatic rings. The van der Waals surface area contributed by atoms with E-state index in [1.165, 1.54) is 38.9 Å². The molecule has 0 amide bonds. The van der Waals surface area contributed by atoms with Crippen LogP contribution in [0.2, 0.25) is 0 Å². The zero-order valence-electron chi connectivity index (χ0n) is 11.1. The van der Waals surface area contributed by atoms with Crippen LogP contribution in [0.1, 0.15) is 26.2 Å². The molecule has 2 aliphatic heterocycles. The topological polar surface area (TPSA) is 18.5 Å². The van der Waals surface area contributed by atoms with E-state index in [-0.39, 0.29) is 0 Å². The summed E-state index contributed by atoms with van der Waals surface area (Å²) in [5, 5.41) is 3.29. The van der Waals surface area contributed by atoms with Crippen LogP contribution in [0, 0.1) is 5.92 Å². The molecule has 2 rings (SSSR count). The second-order valence-electron chi connectivity index (χ2n) is 5.64. The number of rotatable bonds is 3. The first kappa shape index (κ1) is 12.3. The molecule has 0 spiro atoms. The molecule has 2 fully saturated rings. The van der Waals surface area contributed by atoms with Gasteiger partial charge >= 0.3 is 0 Å². The van der Waals surface area contributed by atoms with Crippen molar-refractivity contribution < 1.29 is 0 Å². The van der Waals surface area contributed by atoms with Crippen LogP contribution in [0.3, 0.4) is 0 Å². The SMILES string of the molecule is CNCC(C)N1CCC2C(CCCN2C)C1. The first-order valence-corrected chi connectivity index (χ1v) is 6.81. The summed E-state index contributed by atoms with van der Waals surface area (Å²) in [6.45, 7) is 7.38. The van der Waals surface area contributed by atoms with Crippen LogP contribution >= 0.6 is 0 Å². The maximum absolute atomic E-state index is 3.29. The Morgan fingerprint density at radius 2 is 2.12 bits per heavy atom. The molecule has 94 valence electrons. The zero-order valence-corrected chi connectivity index (χ0v) is 11.1. The van der Waals surface area contributed by atoms with Crippen molar-refractivity contribution in [1.82, 2.24) is 15.1 Å². The fraction of sp³-hybridized carbons (Fsp3) is 1.00. The summed E-state index contributed by atoms with van der Waals surface area (Å²) in [4.78, 5) is 5.27. The third-order valence-corrected chi connectivity index (χ3v) is 4.50. The molecule has 0 radical (unpaired) electrons. The van der Waals surface area contributed by atoms with Crippen molar-refractivity contribution in [1.29, 1.82) is 0 Å². The van der Waals surface area contributed by atoms with Crippen LogP contribution in [0.5, 0.6) is 0 Å². The van der Waals surface area contributed by atoms with Gasteiger partial charge in [-0.25, -0.2) is 0 Å². The zero-order chi connectivity index (χ0) is 11.5. The van der Waals surface area contributed by atoms with E-state index in [2.05, 4.69) is 36.1 Å². The van der Waals surface area contributed by atoms with Crippen molar-refractivity contribution in [3.8, 4) is 0 Å². The maximum Gasteiger partial charge on any atom is 0.0192 e. The summed E-state index contributed by atoms with van der Waals surface area (Å²) >= 11 is 0. The third kappa shape index (κ3) is 2.58. The number of likely N-dealkylation sites (tertiary alicyclic amines) is 2. The lowest BCUT2D eigenvalue weighted by atomic mass is 9.84. The molecule has 1 N–H and O–H groups in total. The molecule has 3 atom stereocenters. The number of hydrogen-bond donors (Lipinski definition) is 1. The molecule has 0 saturated carbocycles. The Morgan fingerprint density at radius 1 is 1.31 bits per heavy atom. The van der Waals surface area contributed by atoms with Crippen LogP contribution in [0.4, 0.5) is 0 Å². The standard InChI is InChI=1S/C13H27N3/c1-11(9-14-2)16-8-6-13-12(10-16)5-4-7-15(13)3/h11-14H,4-10H2,1-3H3. The highest BCUT2D eigenvalue weighted by molar-refractivity contribution is 4.90. The first-order chi connectivity index (χ1) is 7.72. The fourth-order valence-corrected chi connectivity index (χ4v) is 3.51. The molecule has 2 heterocycles. The number of nitrogens with one attached hydrogen (secondary N) is 1. The highest BCUT2D eigenvalue weighted by Gasteiger charge is 2.35. The Labute approximate surface area is 100 Å². The predicted molar refractivity (Wildman–Crippen MR) is 68.7 cm³/mol. The van der Waals surface area contributed by atoms with Gasteiger partial charge in [0.05, 0.1) is 0 Å². The lowest BCUT2D eigenvalue weighted by molar-refractivity contribution is 0.0237. The summed E-state index contributed by atoms with van der Waals surface area (Å²) in [6.07, 6.45) is 4.21. The average Bonchev–Trinajstić information content (AvgIpc) is 2.29. The lowest BCUT2D eigenvalue weighted by Crippen LogP contribution is -2.55. The monoisotopic (exact) mass is 225 g/mol. The van der Waals surface area contributed by atoms with E-state index < -0.39 is 0 Å². The molecular formula is C13H27N3. The van der Waals surface area contributed by atoms with Crippen LogP contribution < -0.4 is 5.32 Å². The van der Waals surface area contributed by atoms with Gasteiger partial charge in [-0.05, 0) is 59.3 Å². The summed E-state index contributed by atoms with van der Waals surface area (Å²) in [5.74, 6) is 0.923. The van der Waals surface area contributed by atoms with E-state index in [0.717, 1.165) is 18.5 Å². The summed E-state index contributed by atoms with van der Waals surface area (Å²) in [5.41, 5.74) is 0. The molecule has 3 nitrogen and oxygen atoms in total. The van der Waals surface area contributed by atoms with Gasteiger partial charge in [-0.15, -0.1) is 0 Å². The first-order valence-electron chi connectivity index (χ1n) is 6.81. The summed E-state index contributed by atoms with van der Waals surface area (Å²) in [7, 11) is 4.36. The van der Waals surface area contributed by atoms with Gasteiger partial charge in [0, 0.05) is 25.2 Å². The lowest BCUT2D eigenvalue weighted by Gasteiger charge is -2.47. The van der Waals surface area contributed by atoms with Gasteiger partial charge in [-0.2, -0.15) is 0 Å². The Balaban J connectivity index is 1.89. The molecule has 2 saturated heterocycles. The van der Waals surface area contributed by atoms with Gasteiger partial charge in [0.1, 0.15) is 0 Å². The third-order valence-electron chi connectivity index (χ3n) is 4.50. The highest BCUT2D eigenvalue weighted by atomic mass is 15.2. The number of hydrogen-bond acceptors (Lipinski definition) is 3. The van der Waals surface area contributed by atoms with Crippen molar-refractivity contribution in [2.75, 3.05) is 40.3 Å². The van der Waals surface area contributed by atoms with Gasteiger partial charge in [-0.3, -0.25) is 4.90 Å². The normalized spacial score (nSPS) is 34.7. The minimum atomic E-state index is 0.693. The van der Waals surface area contributed by atoms with E-state index in [4.69, 9.17) is 0 Å². The van der Waals surface area contributed by atoms with Gasteiger partial charge in [-0.1, -0.05) is 0 Å².